The molecule has 1 saturated heterocycles. The van der Waals surface area contributed by atoms with Crippen molar-refractivity contribution in [1.82, 2.24) is 4.90 Å². The van der Waals surface area contributed by atoms with Crippen molar-refractivity contribution in [2.75, 3.05) is 0 Å². The molecule has 0 N–H and O–H groups in total. The largest absolute Gasteiger partial charge is 0.444 e. The normalized spacial score (nSPS) is 29.8. The van der Waals surface area contributed by atoms with Crippen LogP contribution in [-0.4, -0.2) is 29.0 Å². The second kappa shape index (κ2) is 5.07. The summed E-state index contributed by atoms with van der Waals surface area (Å²) >= 11 is 0. The molecule has 4 heteroatoms. The van der Waals surface area contributed by atoms with Crippen molar-refractivity contribution in [2.45, 2.75) is 64.5 Å². The van der Waals surface area contributed by atoms with Crippen molar-refractivity contribution < 1.29 is 14.3 Å². The van der Waals surface area contributed by atoms with Crippen molar-refractivity contribution in [3.63, 3.8) is 0 Å². The van der Waals surface area contributed by atoms with Crippen molar-refractivity contribution >= 4 is 12.0 Å². The fraction of sp³-hybridized carbons (Fsp3) is 0.846. The highest BCUT2D eigenvalue weighted by Crippen LogP contribution is 2.32. The summed E-state index contributed by atoms with van der Waals surface area (Å²) in [5.41, 5.74) is 0. The van der Waals surface area contributed by atoms with E-state index in [0.717, 1.165) is 32.1 Å². The first-order chi connectivity index (χ1) is 8.13. The molecule has 2 fully saturated rings. The van der Waals surface area contributed by atoms with Gasteiger partial charge in [-0.1, -0.05) is 26.7 Å². The van der Waals surface area contributed by atoms with Crippen LogP contribution in [0.1, 0.15) is 52.4 Å². The van der Waals surface area contributed by atoms with Crippen LogP contribution in [0.3, 0.4) is 0 Å². The molecule has 2 amide bonds. The van der Waals surface area contributed by atoms with Gasteiger partial charge in [0.15, 0.2) is 0 Å². The second-order valence-corrected chi connectivity index (χ2v) is 5.26. The Bertz CT molecular complexity index is 316. The van der Waals surface area contributed by atoms with E-state index in [0.29, 0.717) is 12.3 Å². The first kappa shape index (κ1) is 12.4. The molecule has 1 saturated carbocycles. The Morgan fingerprint density at radius 1 is 1.47 bits per heavy atom. The summed E-state index contributed by atoms with van der Waals surface area (Å²) in [4.78, 5) is 25.2. The van der Waals surface area contributed by atoms with E-state index >= 15 is 0 Å². The third-order valence-corrected chi connectivity index (χ3v) is 3.94. The number of carbonyl (C=O) groups is 2. The first-order valence-corrected chi connectivity index (χ1v) is 6.66. The number of fused-ring (bicyclic) bond motifs is 1. The molecule has 2 aliphatic rings. The molecular formula is C13H21NO3. The van der Waals surface area contributed by atoms with Crippen LogP contribution in [0.2, 0.25) is 0 Å². The standard InChI is InChI=1S/C13H21NO3/c1-3-9(2)8-12(15)14-10-6-4-5-7-11(10)17-13(14)16/h9-11H,3-8H2,1-2H3/t9-,10-,11-/m1/s1. The van der Waals surface area contributed by atoms with Gasteiger partial charge in [0.1, 0.15) is 6.10 Å². The highest BCUT2D eigenvalue weighted by molar-refractivity contribution is 5.93. The molecule has 0 unspecified atom stereocenters. The molecule has 1 heterocycles. The molecule has 0 spiro atoms. The van der Waals surface area contributed by atoms with Crippen LogP contribution in [0.4, 0.5) is 4.79 Å². The summed E-state index contributed by atoms with van der Waals surface area (Å²) in [5.74, 6) is 0.275. The Kier molecular flexibility index (Phi) is 3.69. The highest BCUT2D eigenvalue weighted by Gasteiger charge is 2.45. The van der Waals surface area contributed by atoms with Crippen LogP contribution in [0.15, 0.2) is 0 Å². The number of ether oxygens (including phenoxy) is 1. The first-order valence-electron chi connectivity index (χ1n) is 6.66. The smallest absolute Gasteiger partial charge is 0.417 e. The number of nitrogens with zero attached hydrogens (tertiary/aromatic N) is 1. The molecule has 2 rings (SSSR count). The van der Waals surface area contributed by atoms with Crippen LogP contribution >= 0.6 is 0 Å². The van der Waals surface area contributed by atoms with Crippen molar-refractivity contribution in [1.29, 1.82) is 0 Å². The van der Waals surface area contributed by atoms with Gasteiger partial charge >= 0.3 is 6.09 Å². The van der Waals surface area contributed by atoms with Gasteiger partial charge < -0.3 is 4.74 Å². The third kappa shape index (κ3) is 2.45. The number of imide groups is 1. The van der Waals surface area contributed by atoms with E-state index in [1.165, 1.54) is 4.90 Å². The number of carbonyl (C=O) groups excluding carboxylic acids is 2. The van der Waals surface area contributed by atoms with E-state index in [-0.39, 0.29) is 18.1 Å². The fourth-order valence-electron chi connectivity index (χ4n) is 2.66. The zero-order chi connectivity index (χ0) is 12.4. The van der Waals surface area contributed by atoms with Gasteiger partial charge in [-0.2, -0.15) is 0 Å². The third-order valence-electron chi connectivity index (χ3n) is 3.94. The molecule has 1 aliphatic heterocycles. The van der Waals surface area contributed by atoms with Gasteiger partial charge in [-0.3, -0.25) is 4.79 Å². The minimum atomic E-state index is -0.421. The molecule has 96 valence electrons. The van der Waals surface area contributed by atoms with E-state index in [2.05, 4.69) is 6.92 Å². The zero-order valence-electron chi connectivity index (χ0n) is 10.6. The van der Waals surface area contributed by atoms with Crippen LogP contribution in [0, 0.1) is 5.92 Å². The lowest BCUT2D eigenvalue weighted by molar-refractivity contribution is -0.130. The predicted octanol–water partition coefficient (Wildman–Crippen LogP) is 2.71. The summed E-state index contributed by atoms with van der Waals surface area (Å²) in [6.45, 7) is 4.10. The lowest BCUT2D eigenvalue weighted by Gasteiger charge is -2.27. The van der Waals surface area contributed by atoms with Crippen molar-refractivity contribution in [3.05, 3.63) is 0 Å². The zero-order valence-corrected chi connectivity index (χ0v) is 10.6. The molecule has 0 radical (unpaired) electrons. The van der Waals surface area contributed by atoms with Gasteiger partial charge in [-0.15, -0.1) is 0 Å². The number of amides is 2. The summed E-state index contributed by atoms with van der Waals surface area (Å²) in [7, 11) is 0. The van der Waals surface area contributed by atoms with Crippen LogP contribution < -0.4 is 0 Å². The Balaban J connectivity index is 2.03. The molecule has 17 heavy (non-hydrogen) atoms. The summed E-state index contributed by atoms with van der Waals surface area (Å²) in [6, 6.07) is 0.00723. The molecule has 4 nitrogen and oxygen atoms in total. The molecule has 0 aromatic rings. The monoisotopic (exact) mass is 239 g/mol. The quantitative estimate of drug-likeness (QED) is 0.760. The lowest BCUT2D eigenvalue weighted by Crippen LogP contribution is -2.42. The van der Waals surface area contributed by atoms with Crippen LogP contribution in [-0.2, 0) is 9.53 Å². The van der Waals surface area contributed by atoms with Crippen LogP contribution in [0.25, 0.3) is 0 Å². The second-order valence-electron chi connectivity index (χ2n) is 5.26. The molecule has 3 atom stereocenters. The van der Waals surface area contributed by atoms with Gasteiger partial charge in [0, 0.05) is 6.42 Å². The summed E-state index contributed by atoms with van der Waals surface area (Å²) in [6.07, 6.45) is 4.95. The summed E-state index contributed by atoms with van der Waals surface area (Å²) in [5, 5.41) is 0. The number of hydrogen-bond donors (Lipinski definition) is 0. The van der Waals surface area contributed by atoms with Crippen molar-refractivity contribution in [3.8, 4) is 0 Å². The number of hydrogen-bond acceptors (Lipinski definition) is 3. The Hall–Kier alpha value is -1.06. The van der Waals surface area contributed by atoms with Crippen LogP contribution in [0.5, 0.6) is 0 Å². The van der Waals surface area contributed by atoms with Gasteiger partial charge in [0.2, 0.25) is 5.91 Å². The minimum absolute atomic E-state index is 0.00723. The average molecular weight is 239 g/mol. The Labute approximate surface area is 102 Å². The molecule has 0 aromatic carbocycles. The SMILES string of the molecule is CC[C@@H](C)CC(=O)N1C(=O)O[C@@H]2CCCC[C@H]21. The maximum absolute atomic E-state index is 12.1. The Morgan fingerprint density at radius 2 is 2.18 bits per heavy atom. The van der Waals surface area contributed by atoms with E-state index in [1.807, 2.05) is 6.92 Å². The average Bonchev–Trinajstić information content (AvgIpc) is 2.64. The van der Waals surface area contributed by atoms with Gasteiger partial charge in [-0.05, 0) is 25.2 Å². The predicted molar refractivity (Wildman–Crippen MR) is 63.4 cm³/mol. The lowest BCUT2D eigenvalue weighted by atomic mass is 9.92. The van der Waals surface area contributed by atoms with Crippen molar-refractivity contribution in [2.24, 2.45) is 5.92 Å². The molecule has 1 aliphatic carbocycles. The van der Waals surface area contributed by atoms with E-state index < -0.39 is 6.09 Å². The minimum Gasteiger partial charge on any atom is -0.444 e. The molecule has 0 bridgehead atoms. The highest BCUT2D eigenvalue weighted by atomic mass is 16.6. The molecule has 0 aromatic heterocycles. The van der Waals surface area contributed by atoms with Gasteiger partial charge in [-0.25, -0.2) is 9.69 Å². The molecular weight excluding hydrogens is 218 g/mol. The van der Waals surface area contributed by atoms with Gasteiger partial charge in [0.25, 0.3) is 0 Å². The fourth-order valence-corrected chi connectivity index (χ4v) is 2.66. The maximum atomic E-state index is 12.1. The van der Waals surface area contributed by atoms with Gasteiger partial charge in [0.05, 0.1) is 6.04 Å². The number of rotatable bonds is 3. The maximum Gasteiger partial charge on any atom is 0.417 e. The Morgan fingerprint density at radius 3 is 2.88 bits per heavy atom. The van der Waals surface area contributed by atoms with E-state index in [9.17, 15) is 9.59 Å². The topological polar surface area (TPSA) is 46.6 Å². The van der Waals surface area contributed by atoms with E-state index in [1.54, 1.807) is 0 Å². The summed E-state index contributed by atoms with van der Waals surface area (Å²) < 4.78 is 5.28. The van der Waals surface area contributed by atoms with E-state index in [4.69, 9.17) is 4.74 Å².